The van der Waals surface area contributed by atoms with Crippen molar-refractivity contribution in [1.82, 2.24) is 4.98 Å². The zero-order valence-corrected chi connectivity index (χ0v) is 8.59. The summed E-state index contributed by atoms with van der Waals surface area (Å²) in [7, 11) is 1.29. The van der Waals surface area contributed by atoms with Crippen LogP contribution < -0.4 is 4.87 Å². The number of methoxy groups -OCH3 is 1. The summed E-state index contributed by atoms with van der Waals surface area (Å²) in [5, 5.41) is 1.63. The van der Waals surface area contributed by atoms with Gasteiger partial charge in [-0.3, -0.25) is 4.79 Å². The summed E-state index contributed by atoms with van der Waals surface area (Å²) in [4.78, 5) is 24.4. The van der Waals surface area contributed by atoms with Crippen molar-refractivity contribution in [2.24, 2.45) is 0 Å². The number of H-pyrrole nitrogens is 1. The average Bonchev–Trinajstić information content (AvgIpc) is 2.84. The molecule has 2 heterocycles. The van der Waals surface area contributed by atoms with Crippen LogP contribution in [0.5, 0.6) is 0 Å². The lowest BCUT2D eigenvalue weighted by Gasteiger charge is -1.90. The van der Waals surface area contributed by atoms with Gasteiger partial charge in [0.25, 0.3) is 0 Å². The van der Waals surface area contributed by atoms with Gasteiger partial charge in [-0.25, -0.2) is 4.79 Å². The van der Waals surface area contributed by atoms with Crippen LogP contribution in [0.15, 0.2) is 26.9 Å². The quantitative estimate of drug-likeness (QED) is 0.786. The molecular formula is C9H7NO4S. The molecule has 2 aromatic heterocycles. The molecule has 0 aliphatic heterocycles. The number of carbonyl (C=O) groups is 1. The van der Waals surface area contributed by atoms with E-state index < -0.39 is 5.97 Å². The third-order valence-electron chi connectivity index (χ3n) is 1.81. The Bertz CT molecular complexity index is 536. The molecule has 0 unspecified atom stereocenters. The number of hydrogen-bond acceptors (Lipinski definition) is 5. The second-order valence-corrected chi connectivity index (χ2v) is 3.60. The standard InChI is InChI=1S/C9H7NO4S/c1-13-8(11)5-2-7(14-3-5)6-4-15-9(12)10-6/h2-4H,1H3,(H,10,12). The van der Waals surface area contributed by atoms with Crippen LogP contribution in [-0.2, 0) is 4.74 Å². The minimum atomic E-state index is -0.470. The zero-order chi connectivity index (χ0) is 10.8. The first-order valence-corrected chi connectivity index (χ1v) is 4.93. The first kappa shape index (κ1) is 9.72. The number of nitrogens with one attached hydrogen (secondary N) is 1. The summed E-state index contributed by atoms with van der Waals surface area (Å²) >= 11 is 1.04. The molecule has 0 radical (unpaired) electrons. The number of esters is 1. The van der Waals surface area contributed by atoms with E-state index in [4.69, 9.17) is 4.42 Å². The average molecular weight is 225 g/mol. The molecule has 0 atom stereocenters. The summed E-state index contributed by atoms with van der Waals surface area (Å²) in [5.41, 5.74) is 0.875. The van der Waals surface area contributed by atoms with Crippen LogP contribution in [0.3, 0.4) is 0 Å². The fourth-order valence-corrected chi connectivity index (χ4v) is 1.67. The zero-order valence-electron chi connectivity index (χ0n) is 7.77. The highest BCUT2D eigenvalue weighted by molar-refractivity contribution is 7.07. The highest BCUT2D eigenvalue weighted by atomic mass is 32.1. The number of carbonyl (C=O) groups excluding carboxylic acids is 1. The lowest BCUT2D eigenvalue weighted by Crippen LogP contribution is -1.98. The maximum absolute atomic E-state index is 11.1. The van der Waals surface area contributed by atoms with Gasteiger partial charge >= 0.3 is 10.8 Å². The molecule has 0 amide bonds. The summed E-state index contributed by atoms with van der Waals surface area (Å²) in [6, 6.07) is 1.52. The summed E-state index contributed by atoms with van der Waals surface area (Å²) < 4.78 is 9.65. The molecule has 15 heavy (non-hydrogen) atoms. The van der Waals surface area contributed by atoms with Crippen LogP contribution in [-0.4, -0.2) is 18.1 Å². The van der Waals surface area contributed by atoms with Crippen molar-refractivity contribution in [3.63, 3.8) is 0 Å². The number of ether oxygens (including phenoxy) is 1. The Balaban J connectivity index is 2.35. The van der Waals surface area contributed by atoms with Crippen molar-refractivity contribution in [3.05, 3.63) is 32.9 Å². The molecule has 0 aliphatic rings. The van der Waals surface area contributed by atoms with Crippen molar-refractivity contribution < 1.29 is 13.9 Å². The number of furan rings is 1. The van der Waals surface area contributed by atoms with Gasteiger partial charge in [0.1, 0.15) is 6.26 Å². The summed E-state index contributed by atoms with van der Waals surface area (Å²) in [6.07, 6.45) is 1.29. The minimum absolute atomic E-state index is 0.166. The second-order valence-electron chi connectivity index (χ2n) is 2.75. The molecule has 6 heteroatoms. The second kappa shape index (κ2) is 3.74. The van der Waals surface area contributed by atoms with E-state index in [2.05, 4.69) is 9.72 Å². The monoisotopic (exact) mass is 225 g/mol. The Labute approximate surface area is 88.3 Å². The molecule has 2 rings (SSSR count). The summed E-state index contributed by atoms with van der Waals surface area (Å²) in [5.74, 6) is -0.0312. The fraction of sp³-hybridized carbons (Fsp3) is 0.111. The lowest BCUT2D eigenvalue weighted by atomic mass is 10.3. The lowest BCUT2D eigenvalue weighted by molar-refractivity contribution is 0.0600. The van der Waals surface area contributed by atoms with Gasteiger partial charge in [-0.2, -0.15) is 0 Å². The van der Waals surface area contributed by atoms with Crippen LogP contribution in [0.1, 0.15) is 10.4 Å². The Hall–Kier alpha value is -1.82. The molecule has 5 nitrogen and oxygen atoms in total. The van der Waals surface area contributed by atoms with Crippen molar-refractivity contribution in [2.75, 3.05) is 7.11 Å². The van der Waals surface area contributed by atoms with Crippen LogP contribution in [0.25, 0.3) is 11.5 Å². The van der Waals surface area contributed by atoms with Gasteiger partial charge in [-0.05, 0) is 0 Å². The van der Waals surface area contributed by atoms with E-state index in [9.17, 15) is 9.59 Å². The topological polar surface area (TPSA) is 72.3 Å². The predicted molar refractivity (Wildman–Crippen MR) is 54.0 cm³/mol. The Morgan fingerprint density at radius 1 is 1.60 bits per heavy atom. The minimum Gasteiger partial charge on any atom is -0.465 e. The van der Waals surface area contributed by atoms with Gasteiger partial charge in [-0.1, -0.05) is 11.3 Å². The molecule has 2 aromatic rings. The molecule has 0 aromatic carbocycles. The highest BCUT2D eigenvalue weighted by Gasteiger charge is 2.12. The first-order valence-electron chi connectivity index (χ1n) is 4.05. The van der Waals surface area contributed by atoms with Gasteiger partial charge in [-0.15, -0.1) is 0 Å². The van der Waals surface area contributed by atoms with Crippen LogP contribution in [0.2, 0.25) is 0 Å². The van der Waals surface area contributed by atoms with Gasteiger partial charge in [0.15, 0.2) is 5.76 Å². The van der Waals surface area contributed by atoms with Crippen molar-refractivity contribution in [2.45, 2.75) is 0 Å². The van der Waals surface area contributed by atoms with Crippen LogP contribution in [0.4, 0.5) is 0 Å². The predicted octanol–water partition coefficient (Wildman–Crippen LogP) is 1.48. The van der Waals surface area contributed by atoms with Gasteiger partial charge in [0.05, 0.1) is 18.4 Å². The van der Waals surface area contributed by atoms with Crippen LogP contribution >= 0.6 is 11.3 Å². The SMILES string of the molecule is COC(=O)c1coc(-c2csc(=O)[nH]2)c1. The van der Waals surface area contributed by atoms with Gasteiger partial charge in [0, 0.05) is 11.4 Å². The van der Waals surface area contributed by atoms with Crippen molar-refractivity contribution in [1.29, 1.82) is 0 Å². The van der Waals surface area contributed by atoms with Crippen molar-refractivity contribution in [3.8, 4) is 11.5 Å². The van der Waals surface area contributed by atoms with E-state index in [-0.39, 0.29) is 4.87 Å². The smallest absolute Gasteiger partial charge is 0.341 e. The first-order chi connectivity index (χ1) is 7.20. The Kier molecular flexibility index (Phi) is 2.42. The fourth-order valence-electron chi connectivity index (χ4n) is 1.10. The normalized spacial score (nSPS) is 10.2. The largest absolute Gasteiger partial charge is 0.465 e. The third kappa shape index (κ3) is 1.84. The number of aromatic nitrogens is 1. The maximum Gasteiger partial charge on any atom is 0.341 e. The molecule has 0 bridgehead atoms. The van der Waals surface area contributed by atoms with E-state index in [0.29, 0.717) is 17.0 Å². The molecule has 0 saturated heterocycles. The van der Waals surface area contributed by atoms with E-state index >= 15 is 0 Å². The van der Waals surface area contributed by atoms with E-state index in [1.807, 2.05) is 0 Å². The molecule has 1 N–H and O–H groups in total. The van der Waals surface area contributed by atoms with Gasteiger partial charge < -0.3 is 14.1 Å². The molecule has 0 fully saturated rings. The number of rotatable bonds is 2. The molecule has 0 spiro atoms. The number of hydrogen-bond donors (Lipinski definition) is 1. The highest BCUT2D eigenvalue weighted by Crippen LogP contribution is 2.20. The Morgan fingerprint density at radius 2 is 2.40 bits per heavy atom. The third-order valence-corrected chi connectivity index (χ3v) is 2.48. The van der Waals surface area contributed by atoms with E-state index in [1.165, 1.54) is 19.4 Å². The van der Waals surface area contributed by atoms with Crippen molar-refractivity contribution >= 4 is 17.3 Å². The number of aromatic amines is 1. The van der Waals surface area contributed by atoms with E-state index in [1.54, 1.807) is 5.38 Å². The van der Waals surface area contributed by atoms with Gasteiger partial charge in [0.2, 0.25) is 0 Å². The van der Waals surface area contributed by atoms with Crippen LogP contribution in [0, 0.1) is 0 Å². The van der Waals surface area contributed by atoms with E-state index in [0.717, 1.165) is 11.3 Å². The number of thiazole rings is 1. The molecular weight excluding hydrogens is 218 g/mol. The molecule has 0 saturated carbocycles. The molecule has 0 aliphatic carbocycles. The maximum atomic E-state index is 11.1. The Morgan fingerprint density at radius 3 is 3.00 bits per heavy atom. The summed E-state index contributed by atoms with van der Waals surface area (Å²) in [6.45, 7) is 0. The molecule has 78 valence electrons.